The Kier molecular flexibility index (Phi) is 9.28. The molecule has 1 aromatic heterocycles. The van der Waals surface area contributed by atoms with Crippen molar-refractivity contribution in [1.29, 1.82) is 0 Å². The fourth-order valence-electron chi connectivity index (χ4n) is 3.50. The van der Waals surface area contributed by atoms with Crippen molar-refractivity contribution in [2.45, 2.75) is 76.5 Å². The van der Waals surface area contributed by atoms with Gasteiger partial charge in [0.15, 0.2) is 5.82 Å². The van der Waals surface area contributed by atoms with E-state index >= 15 is 0 Å². The van der Waals surface area contributed by atoms with Crippen LogP contribution in [0.25, 0.3) is 11.4 Å². The Labute approximate surface area is 183 Å². The maximum Gasteiger partial charge on any atom is 0.325 e. The predicted octanol–water partition coefficient (Wildman–Crippen LogP) is 6.77. The van der Waals surface area contributed by atoms with Crippen molar-refractivity contribution < 1.29 is 9.90 Å². The first-order valence-corrected chi connectivity index (χ1v) is 11.6. The molecule has 1 aromatic carbocycles. The topological polar surface area (TPSA) is 63.1 Å². The molecule has 2 unspecified atom stereocenters. The minimum atomic E-state index is -1.08. The Morgan fingerprint density at radius 1 is 1.03 bits per heavy atom. The quantitative estimate of drug-likeness (QED) is 0.280. The molecule has 0 aliphatic heterocycles. The van der Waals surface area contributed by atoms with E-state index in [1.807, 2.05) is 50.5 Å². The Bertz CT molecular complexity index is 761. The third-order valence-electron chi connectivity index (χ3n) is 5.69. The van der Waals surface area contributed by atoms with Gasteiger partial charge in [-0.3, -0.25) is 4.79 Å². The number of aromatic nitrogens is 2. The van der Waals surface area contributed by atoms with E-state index in [4.69, 9.17) is 0 Å². The number of benzene rings is 1. The summed E-state index contributed by atoms with van der Waals surface area (Å²) in [6.07, 6.45) is 13.3. The number of unbranched alkanes of at least 4 members (excludes halogenated alkanes) is 5. The summed E-state index contributed by atoms with van der Waals surface area (Å²) in [4.78, 5) is 20.9. The second kappa shape index (κ2) is 11.4. The van der Waals surface area contributed by atoms with Crippen LogP contribution in [-0.2, 0) is 15.5 Å². The second-order valence-corrected chi connectivity index (χ2v) is 9.09. The van der Waals surface area contributed by atoms with Crippen LogP contribution < -0.4 is 0 Å². The highest BCUT2D eigenvalue weighted by Gasteiger charge is 2.42. The molecular formula is C24H33BrN2O2. The molecule has 4 nitrogen and oxygen atoms in total. The van der Waals surface area contributed by atoms with Gasteiger partial charge in [-0.1, -0.05) is 99.5 Å². The van der Waals surface area contributed by atoms with Crippen LogP contribution in [0.3, 0.4) is 0 Å². The van der Waals surface area contributed by atoms with E-state index in [0.717, 1.165) is 24.0 Å². The van der Waals surface area contributed by atoms with Gasteiger partial charge < -0.3 is 5.11 Å². The molecule has 29 heavy (non-hydrogen) atoms. The van der Waals surface area contributed by atoms with E-state index in [0.29, 0.717) is 5.82 Å². The zero-order valence-electron chi connectivity index (χ0n) is 17.8. The summed E-state index contributed by atoms with van der Waals surface area (Å²) in [6, 6.07) is 7.52. The second-order valence-electron chi connectivity index (χ2n) is 7.84. The van der Waals surface area contributed by atoms with E-state index in [2.05, 4.69) is 32.8 Å². The van der Waals surface area contributed by atoms with E-state index in [1.165, 1.54) is 44.1 Å². The maximum atomic E-state index is 11.9. The fraction of sp³-hybridized carbons (Fsp3) is 0.542. The smallest absolute Gasteiger partial charge is 0.325 e. The zero-order chi connectivity index (χ0) is 21.3. The lowest BCUT2D eigenvalue weighted by atomic mass is 9.85. The van der Waals surface area contributed by atoms with Gasteiger partial charge in [-0.05, 0) is 29.9 Å². The summed E-state index contributed by atoms with van der Waals surface area (Å²) in [5.74, 6) is -0.236. The molecule has 5 heteroatoms. The Balaban J connectivity index is 2.02. The summed E-state index contributed by atoms with van der Waals surface area (Å²) in [5.41, 5.74) is 2.80. The Morgan fingerprint density at radius 3 is 2.17 bits per heavy atom. The van der Waals surface area contributed by atoms with Gasteiger partial charge >= 0.3 is 5.97 Å². The van der Waals surface area contributed by atoms with Crippen LogP contribution in [0.4, 0.5) is 0 Å². The summed E-state index contributed by atoms with van der Waals surface area (Å²) in [5, 5.41) is 9.76. The summed E-state index contributed by atoms with van der Waals surface area (Å²) in [7, 11) is 0. The largest absolute Gasteiger partial charge is 0.480 e. The average molecular weight is 461 g/mol. The van der Waals surface area contributed by atoms with Crippen LogP contribution in [0.5, 0.6) is 0 Å². The third-order valence-corrected chi connectivity index (χ3v) is 7.27. The molecular weight excluding hydrogens is 428 g/mol. The van der Waals surface area contributed by atoms with Crippen molar-refractivity contribution >= 4 is 21.9 Å². The van der Waals surface area contributed by atoms with Crippen molar-refractivity contribution in [2.24, 2.45) is 5.92 Å². The summed E-state index contributed by atoms with van der Waals surface area (Å²) in [6.45, 7) is 6.18. The van der Waals surface area contributed by atoms with Gasteiger partial charge in [0.25, 0.3) is 0 Å². The number of rotatable bonds is 12. The van der Waals surface area contributed by atoms with Crippen LogP contribution >= 0.6 is 15.9 Å². The molecule has 0 saturated heterocycles. The number of alkyl halides is 1. The van der Waals surface area contributed by atoms with Crippen molar-refractivity contribution in [3.8, 4) is 11.4 Å². The highest BCUT2D eigenvalue weighted by Crippen LogP contribution is 2.41. The van der Waals surface area contributed by atoms with Gasteiger partial charge in [0.2, 0.25) is 0 Å². The molecule has 2 rings (SSSR count). The summed E-state index contributed by atoms with van der Waals surface area (Å²) < 4.78 is -1.08. The molecule has 158 valence electrons. The average Bonchev–Trinajstić information content (AvgIpc) is 2.75. The molecule has 0 aliphatic carbocycles. The number of nitrogens with zero attached hydrogens (tertiary/aromatic N) is 2. The minimum Gasteiger partial charge on any atom is -0.480 e. The molecule has 2 aromatic rings. The number of carbonyl (C=O) groups is 1. The molecule has 0 spiro atoms. The molecule has 0 saturated carbocycles. The van der Waals surface area contributed by atoms with Gasteiger partial charge in [0, 0.05) is 18.0 Å². The molecule has 0 amide bonds. The van der Waals surface area contributed by atoms with Crippen molar-refractivity contribution in [3.63, 3.8) is 0 Å². The molecule has 0 radical (unpaired) electrons. The first-order chi connectivity index (χ1) is 13.9. The van der Waals surface area contributed by atoms with E-state index < -0.39 is 10.3 Å². The Morgan fingerprint density at radius 2 is 1.62 bits per heavy atom. The highest BCUT2D eigenvalue weighted by molar-refractivity contribution is 9.10. The first-order valence-electron chi connectivity index (χ1n) is 10.8. The number of hydrogen-bond acceptors (Lipinski definition) is 3. The van der Waals surface area contributed by atoms with Crippen LogP contribution in [0.1, 0.15) is 76.8 Å². The van der Waals surface area contributed by atoms with Gasteiger partial charge in [0.05, 0.1) is 0 Å². The number of aryl methyl sites for hydroxylation is 1. The van der Waals surface area contributed by atoms with Gasteiger partial charge in [0.1, 0.15) is 4.32 Å². The maximum absolute atomic E-state index is 11.9. The number of aliphatic carboxylic acids is 1. The third kappa shape index (κ3) is 6.11. The van der Waals surface area contributed by atoms with Crippen LogP contribution in [0.2, 0.25) is 0 Å². The van der Waals surface area contributed by atoms with Crippen LogP contribution in [-0.4, -0.2) is 21.0 Å². The zero-order valence-corrected chi connectivity index (χ0v) is 19.4. The van der Waals surface area contributed by atoms with E-state index in [-0.39, 0.29) is 5.92 Å². The molecule has 0 aliphatic rings. The van der Waals surface area contributed by atoms with Crippen LogP contribution in [0, 0.1) is 5.92 Å². The van der Waals surface area contributed by atoms with Gasteiger partial charge in [-0.15, -0.1) is 0 Å². The molecule has 1 N–H and O–H groups in total. The number of carboxylic acids is 1. The predicted molar refractivity (Wildman–Crippen MR) is 122 cm³/mol. The Hall–Kier alpha value is -1.75. The van der Waals surface area contributed by atoms with E-state index in [9.17, 15) is 9.90 Å². The van der Waals surface area contributed by atoms with E-state index in [1.54, 1.807) is 0 Å². The first kappa shape index (κ1) is 23.5. The van der Waals surface area contributed by atoms with Gasteiger partial charge in [-0.2, -0.15) is 0 Å². The SMILES string of the molecule is CCCCCCCCc1cnc(-c2ccc(C(Br)(C(=O)O)C(C)CC)cc2)nc1. The molecule has 2 atom stereocenters. The van der Waals surface area contributed by atoms with Crippen molar-refractivity contribution in [3.05, 3.63) is 47.8 Å². The highest BCUT2D eigenvalue weighted by atomic mass is 79.9. The summed E-state index contributed by atoms with van der Waals surface area (Å²) >= 11 is 3.49. The number of halogens is 1. The lowest BCUT2D eigenvalue weighted by molar-refractivity contribution is -0.141. The number of hydrogen-bond donors (Lipinski definition) is 1. The van der Waals surface area contributed by atoms with Crippen LogP contribution in [0.15, 0.2) is 36.7 Å². The normalized spacial score (nSPS) is 14.3. The van der Waals surface area contributed by atoms with Gasteiger partial charge in [-0.25, -0.2) is 9.97 Å². The fourth-order valence-corrected chi connectivity index (χ4v) is 4.09. The van der Waals surface area contributed by atoms with Crippen molar-refractivity contribution in [2.75, 3.05) is 0 Å². The molecule has 1 heterocycles. The molecule has 0 bridgehead atoms. The monoisotopic (exact) mass is 460 g/mol. The lowest BCUT2D eigenvalue weighted by Gasteiger charge is -2.29. The number of carboxylic acid groups (broad SMARTS) is 1. The minimum absolute atomic E-state index is 0.0386. The van der Waals surface area contributed by atoms with Crippen molar-refractivity contribution in [1.82, 2.24) is 9.97 Å². The lowest BCUT2D eigenvalue weighted by Crippen LogP contribution is -2.35. The standard InChI is InChI=1S/C24H33BrN2O2/c1-4-6-7-8-9-10-11-19-16-26-22(27-17-19)20-12-14-21(15-13-20)24(25,23(28)29)18(3)5-2/h12-18H,4-11H2,1-3H3,(H,28,29). The molecule has 0 fully saturated rings.